The number of nitrogens with zero attached hydrogens (tertiary/aromatic N) is 3. The molecule has 2 rings (SSSR count). The van der Waals surface area contributed by atoms with Crippen molar-refractivity contribution >= 4 is 22.7 Å². The molecule has 0 bridgehead atoms. The van der Waals surface area contributed by atoms with E-state index in [-0.39, 0.29) is 0 Å². The second-order valence-electron chi connectivity index (χ2n) is 3.10. The molecule has 78 valence electrons. The van der Waals surface area contributed by atoms with E-state index < -0.39 is 5.97 Å². The number of hydrogen-bond acceptors (Lipinski definition) is 5. The topological polar surface area (TPSA) is 83.0 Å². The minimum atomic E-state index is -0.462. The standard InChI is InChI=1S/C9H10N4O2/c1-13-8-6(11-12-13)4-3-5(7(8)10)9(14)15-2/h3-4H,10H2,1-2H3. The highest BCUT2D eigenvalue weighted by Crippen LogP contribution is 2.23. The average molecular weight is 206 g/mol. The summed E-state index contributed by atoms with van der Waals surface area (Å²) in [6.45, 7) is 0. The summed E-state index contributed by atoms with van der Waals surface area (Å²) < 4.78 is 6.14. The largest absolute Gasteiger partial charge is 0.465 e. The van der Waals surface area contributed by atoms with Crippen LogP contribution in [0.1, 0.15) is 10.4 Å². The lowest BCUT2D eigenvalue weighted by Crippen LogP contribution is -2.07. The Kier molecular flexibility index (Phi) is 2.03. The molecule has 1 heterocycles. The summed E-state index contributed by atoms with van der Waals surface area (Å²) in [7, 11) is 3.03. The van der Waals surface area contributed by atoms with Gasteiger partial charge in [0.05, 0.1) is 18.4 Å². The first kappa shape index (κ1) is 9.45. The molecular formula is C9H10N4O2. The quantitative estimate of drug-likeness (QED) is 0.537. The van der Waals surface area contributed by atoms with E-state index in [9.17, 15) is 4.79 Å². The number of anilines is 1. The Balaban J connectivity index is 2.74. The van der Waals surface area contributed by atoms with Crippen LogP contribution < -0.4 is 5.73 Å². The third-order valence-electron chi connectivity index (χ3n) is 2.21. The van der Waals surface area contributed by atoms with Crippen molar-refractivity contribution in [1.82, 2.24) is 15.0 Å². The van der Waals surface area contributed by atoms with Crippen molar-refractivity contribution in [1.29, 1.82) is 0 Å². The van der Waals surface area contributed by atoms with Crippen molar-refractivity contribution in [3.05, 3.63) is 17.7 Å². The molecule has 2 aromatic rings. The molecule has 6 heteroatoms. The summed E-state index contributed by atoms with van der Waals surface area (Å²) in [6, 6.07) is 3.27. The van der Waals surface area contributed by atoms with Crippen LogP contribution in [0.15, 0.2) is 12.1 Å². The summed E-state index contributed by atoms with van der Waals surface area (Å²) in [4.78, 5) is 11.4. The van der Waals surface area contributed by atoms with E-state index in [4.69, 9.17) is 5.73 Å². The van der Waals surface area contributed by atoms with Gasteiger partial charge >= 0.3 is 5.97 Å². The SMILES string of the molecule is COC(=O)c1ccc2nnn(C)c2c1N. The Bertz CT molecular complexity index is 532. The number of esters is 1. The molecule has 0 aliphatic rings. The van der Waals surface area contributed by atoms with Crippen molar-refractivity contribution < 1.29 is 9.53 Å². The van der Waals surface area contributed by atoms with Crippen LogP contribution in [0.3, 0.4) is 0 Å². The van der Waals surface area contributed by atoms with E-state index in [0.29, 0.717) is 22.3 Å². The lowest BCUT2D eigenvalue weighted by molar-refractivity contribution is 0.0602. The first-order chi connectivity index (χ1) is 7.15. The zero-order valence-electron chi connectivity index (χ0n) is 8.39. The molecule has 1 aromatic heterocycles. The lowest BCUT2D eigenvalue weighted by Gasteiger charge is -2.04. The van der Waals surface area contributed by atoms with E-state index in [1.54, 1.807) is 19.2 Å². The molecule has 0 fully saturated rings. The van der Waals surface area contributed by atoms with Gasteiger partial charge in [0, 0.05) is 7.05 Å². The summed E-state index contributed by atoms with van der Waals surface area (Å²) in [5.41, 5.74) is 7.80. The Morgan fingerprint density at radius 3 is 2.93 bits per heavy atom. The maximum atomic E-state index is 11.4. The number of nitrogen functional groups attached to an aromatic ring is 1. The summed E-state index contributed by atoms with van der Waals surface area (Å²) in [5, 5.41) is 7.70. The van der Waals surface area contributed by atoms with Crippen molar-refractivity contribution in [2.45, 2.75) is 0 Å². The fourth-order valence-corrected chi connectivity index (χ4v) is 1.47. The van der Waals surface area contributed by atoms with Gasteiger partial charge in [0.2, 0.25) is 0 Å². The van der Waals surface area contributed by atoms with E-state index in [2.05, 4.69) is 15.0 Å². The van der Waals surface area contributed by atoms with Gasteiger partial charge in [-0.3, -0.25) is 0 Å². The molecule has 0 aliphatic heterocycles. The van der Waals surface area contributed by atoms with E-state index in [1.807, 2.05) is 0 Å². The normalized spacial score (nSPS) is 10.5. The third kappa shape index (κ3) is 1.30. The molecule has 0 aliphatic carbocycles. The number of benzene rings is 1. The van der Waals surface area contributed by atoms with Gasteiger partial charge in [-0.15, -0.1) is 5.10 Å². The van der Waals surface area contributed by atoms with Gasteiger partial charge in [0.1, 0.15) is 11.0 Å². The molecule has 0 atom stereocenters. The molecule has 15 heavy (non-hydrogen) atoms. The predicted molar refractivity (Wildman–Crippen MR) is 54.3 cm³/mol. The van der Waals surface area contributed by atoms with Gasteiger partial charge in [-0.1, -0.05) is 5.21 Å². The number of carbonyl (C=O) groups is 1. The highest BCUT2D eigenvalue weighted by atomic mass is 16.5. The van der Waals surface area contributed by atoms with Gasteiger partial charge in [-0.2, -0.15) is 0 Å². The third-order valence-corrected chi connectivity index (χ3v) is 2.21. The van der Waals surface area contributed by atoms with Crippen LogP contribution in [0, 0.1) is 0 Å². The van der Waals surface area contributed by atoms with Crippen LogP contribution in [0.25, 0.3) is 11.0 Å². The van der Waals surface area contributed by atoms with Crippen molar-refractivity contribution in [3.63, 3.8) is 0 Å². The number of nitrogens with two attached hydrogens (primary N) is 1. The zero-order valence-corrected chi connectivity index (χ0v) is 8.39. The number of carbonyl (C=O) groups excluding carboxylic acids is 1. The Labute approximate surface area is 85.6 Å². The number of hydrogen-bond donors (Lipinski definition) is 1. The van der Waals surface area contributed by atoms with Crippen molar-refractivity contribution in [2.24, 2.45) is 7.05 Å². The van der Waals surface area contributed by atoms with Crippen molar-refractivity contribution in [3.8, 4) is 0 Å². The number of aryl methyl sites for hydroxylation is 1. The Morgan fingerprint density at radius 2 is 2.27 bits per heavy atom. The molecule has 2 N–H and O–H groups in total. The maximum absolute atomic E-state index is 11.4. The summed E-state index contributed by atoms with van der Waals surface area (Å²) >= 11 is 0. The highest BCUT2D eigenvalue weighted by Gasteiger charge is 2.15. The Hall–Kier alpha value is -2.11. The fourth-order valence-electron chi connectivity index (χ4n) is 1.47. The smallest absolute Gasteiger partial charge is 0.340 e. The van der Waals surface area contributed by atoms with Crippen LogP contribution in [0.2, 0.25) is 0 Å². The van der Waals surface area contributed by atoms with Gasteiger partial charge in [-0.25, -0.2) is 9.48 Å². The number of rotatable bonds is 1. The minimum Gasteiger partial charge on any atom is -0.465 e. The molecule has 0 unspecified atom stereocenters. The van der Waals surface area contributed by atoms with Crippen LogP contribution >= 0.6 is 0 Å². The molecule has 0 amide bonds. The number of fused-ring (bicyclic) bond motifs is 1. The second-order valence-corrected chi connectivity index (χ2v) is 3.10. The van der Waals surface area contributed by atoms with Crippen LogP contribution in [0.4, 0.5) is 5.69 Å². The molecule has 0 spiro atoms. The summed E-state index contributed by atoms with van der Waals surface area (Å²) in [6.07, 6.45) is 0. The molecular weight excluding hydrogens is 196 g/mol. The van der Waals surface area contributed by atoms with Crippen LogP contribution in [-0.2, 0) is 11.8 Å². The predicted octanol–water partition coefficient (Wildman–Crippen LogP) is 0.337. The van der Waals surface area contributed by atoms with Gasteiger partial charge in [0.25, 0.3) is 0 Å². The van der Waals surface area contributed by atoms with Gasteiger partial charge < -0.3 is 10.5 Å². The fraction of sp³-hybridized carbons (Fsp3) is 0.222. The van der Waals surface area contributed by atoms with E-state index >= 15 is 0 Å². The van der Waals surface area contributed by atoms with Gasteiger partial charge in [-0.05, 0) is 12.1 Å². The minimum absolute atomic E-state index is 0.329. The zero-order chi connectivity index (χ0) is 11.0. The lowest BCUT2D eigenvalue weighted by atomic mass is 10.1. The van der Waals surface area contributed by atoms with Gasteiger partial charge in [0.15, 0.2) is 0 Å². The molecule has 6 nitrogen and oxygen atoms in total. The van der Waals surface area contributed by atoms with Crippen LogP contribution in [-0.4, -0.2) is 28.1 Å². The number of aromatic nitrogens is 3. The van der Waals surface area contributed by atoms with Crippen molar-refractivity contribution in [2.75, 3.05) is 12.8 Å². The van der Waals surface area contributed by atoms with E-state index in [0.717, 1.165) is 0 Å². The number of methoxy groups -OCH3 is 1. The molecule has 0 saturated heterocycles. The molecule has 1 aromatic carbocycles. The summed E-state index contributed by atoms with van der Waals surface area (Å²) in [5.74, 6) is -0.462. The monoisotopic (exact) mass is 206 g/mol. The average Bonchev–Trinajstić information content (AvgIpc) is 2.61. The molecule has 0 saturated carbocycles. The second kappa shape index (κ2) is 3.23. The highest BCUT2D eigenvalue weighted by molar-refractivity contribution is 6.03. The van der Waals surface area contributed by atoms with E-state index in [1.165, 1.54) is 11.8 Å². The first-order valence-electron chi connectivity index (χ1n) is 4.31. The maximum Gasteiger partial charge on any atom is 0.340 e. The first-order valence-corrected chi connectivity index (χ1v) is 4.31. The molecule has 0 radical (unpaired) electrons. The number of ether oxygens (including phenoxy) is 1. The van der Waals surface area contributed by atoms with Crippen LogP contribution in [0.5, 0.6) is 0 Å². The Morgan fingerprint density at radius 1 is 1.53 bits per heavy atom.